The fourth-order valence-electron chi connectivity index (χ4n) is 11.0. The van der Waals surface area contributed by atoms with E-state index in [-0.39, 0.29) is 48.3 Å². The summed E-state index contributed by atoms with van der Waals surface area (Å²) < 4.78 is 14.3. The second-order valence-corrected chi connectivity index (χ2v) is 20.8. The molecule has 2 N–H and O–H groups in total. The van der Waals surface area contributed by atoms with Crippen molar-refractivity contribution >= 4 is 40.6 Å². The molecule has 0 saturated carbocycles. The highest BCUT2D eigenvalue weighted by Gasteiger charge is 2.47. The van der Waals surface area contributed by atoms with E-state index in [0.717, 1.165) is 62.9 Å². The molecule has 1 unspecified atom stereocenters. The van der Waals surface area contributed by atoms with Crippen LogP contribution in [-0.4, -0.2) is 131 Å². The van der Waals surface area contributed by atoms with Crippen molar-refractivity contribution in [3.8, 4) is 22.4 Å². The number of esters is 1. The van der Waals surface area contributed by atoms with Crippen LogP contribution >= 0.6 is 0 Å². The summed E-state index contributed by atoms with van der Waals surface area (Å²) in [6, 6.07) is 15.7. The van der Waals surface area contributed by atoms with Gasteiger partial charge in [-0.25, -0.2) is 10.2 Å². The Balaban J connectivity index is 1.13. The van der Waals surface area contributed by atoms with E-state index in [1.54, 1.807) is 30.2 Å². The monoisotopic (exact) mass is 943 g/mol. The van der Waals surface area contributed by atoms with Crippen molar-refractivity contribution in [1.29, 1.82) is 0 Å². The number of nitrogens with zero attached hydrogens (tertiary/aromatic N) is 6. The molecule has 0 radical (unpaired) electrons. The lowest BCUT2D eigenvalue weighted by molar-refractivity contribution is -0.155. The molecule has 4 aliphatic heterocycles. The van der Waals surface area contributed by atoms with Crippen molar-refractivity contribution in [3.05, 3.63) is 90.3 Å². The number of likely N-dealkylation sites (N-methyl/N-ethyl adjacent to an activating group) is 1. The highest BCUT2D eigenvalue weighted by Crippen LogP contribution is 2.43. The summed E-state index contributed by atoms with van der Waals surface area (Å²) in [6.45, 7) is 19.3. The number of hydrazine groups is 1. The molecule has 4 aliphatic rings. The summed E-state index contributed by atoms with van der Waals surface area (Å²) in [6.07, 6.45) is 6.20. The van der Waals surface area contributed by atoms with Gasteiger partial charge in [0.25, 0.3) is 5.91 Å². The topological polar surface area (TPSA) is 159 Å². The number of ether oxygens (including phenoxy) is 2. The molecular weight excluding hydrogens is 873 g/mol. The molecule has 1 spiro atoms. The van der Waals surface area contributed by atoms with Crippen LogP contribution in [0.15, 0.2) is 73.4 Å². The zero-order valence-electron chi connectivity index (χ0n) is 41.7. The number of fused-ring (bicyclic) bond motifs is 6. The third kappa shape index (κ3) is 10.0. The first-order valence-electron chi connectivity index (χ1n) is 24.7. The summed E-state index contributed by atoms with van der Waals surface area (Å²) >= 11 is 0. The van der Waals surface area contributed by atoms with Crippen LogP contribution in [0.3, 0.4) is 0 Å². The number of cyclic esters (lactones) is 1. The Morgan fingerprint density at radius 3 is 2.45 bits per heavy atom. The maximum Gasteiger partial charge on any atom is 0.324 e. The summed E-state index contributed by atoms with van der Waals surface area (Å²) in [5.41, 5.74) is 10.5. The first-order chi connectivity index (χ1) is 33.0. The number of amides is 5. The number of hydrogen-bond acceptors (Lipinski definition) is 9. The maximum absolute atomic E-state index is 14.8. The minimum atomic E-state index is -1.04. The van der Waals surface area contributed by atoms with Crippen LogP contribution in [0.5, 0.6) is 0 Å². The van der Waals surface area contributed by atoms with Crippen molar-refractivity contribution in [1.82, 2.24) is 40.0 Å². The number of hydrogen-bond donors (Lipinski definition) is 2. The Hall–Kier alpha value is -6.06. The van der Waals surface area contributed by atoms with Gasteiger partial charge in [-0.2, -0.15) is 0 Å². The minimum absolute atomic E-state index is 0.00773. The smallest absolute Gasteiger partial charge is 0.324 e. The second kappa shape index (κ2) is 20.1. The second-order valence-electron chi connectivity index (χ2n) is 20.8. The highest BCUT2D eigenvalue weighted by atomic mass is 16.5. The molecule has 5 amide bonds. The van der Waals surface area contributed by atoms with Crippen molar-refractivity contribution in [2.75, 3.05) is 53.5 Å². The molecule has 15 nitrogen and oxygen atoms in total. The van der Waals surface area contributed by atoms with Gasteiger partial charge in [0.2, 0.25) is 11.8 Å². The Morgan fingerprint density at radius 2 is 1.75 bits per heavy atom. The van der Waals surface area contributed by atoms with E-state index in [2.05, 4.69) is 79.1 Å². The molecule has 3 saturated heterocycles. The van der Waals surface area contributed by atoms with E-state index >= 15 is 0 Å². The first kappa shape index (κ1) is 49.4. The highest BCUT2D eigenvalue weighted by molar-refractivity contribution is 5.96. The number of aromatic nitrogens is 2. The van der Waals surface area contributed by atoms with Gasteiger partial charge in [-0.05, 0) is 104 Å². The number of carbonyl (C=O) groups excluding carboxylic acids is 5. The van der Waals surface area contributed by atoms with Gasteiger partial charge in [0.1, 0.15) is 18.1 Å². The van der Waals surface area contributed by atoms with Crippen molar-refractivity contribution < 1.29 is 33.4 Å². The van der Waals surface area contributed by atoms with Crippen LogP contribution in [0.2, 0.25) is 0 Å². The largest absolute Gasteiger partial charge is 0.464 e. The van der Waals surface area contributed by atoms with Gasteiger partial charge in [0.15, 0.2) is 0 Å². The predicted molar refractivity (Wildman–Crippen MR) is 265 cm³/mol. The number of piperidine rings is 1. The van der Waals surface area contributed by atoms with E-state index in [1.807, 2.05) is 39.0 Å². The Kier molecular flexibility index (Phi) is 14.4. The number of carbonyl (C=O) groups is 5. The zero-order valence-corrected chi connectivity index (χ0v) is 41.7. The maximum atomic E-state index is 14.8. The van der Waals surface area contributed by atoms with E-state index in [1.165, 1.54) is 16.0 Å². The molecule has 6 heterocycles. The Labute approximate surface area is 406 Å². The lowest BCUT2D eigenvalue weighted by Gasteiger charge is -2.54. The number of pyridine rings is 1. The van der Waals surface area contributed by atoms with Gasteiger partial charge < -0.3 is 34.1 Å². The fraction of sp³-hybridized carbons (Fsp3) is 0.519. The molecule has 368 valence electrons. The van der Waals surface area contributed by atoms with Crippen LogP contribution in [0.25, 0.3) is 33.3 Å². The summed E-state index contributed by atoms with van der Waals surface area (Å²) in [5.74, 6) is -1.63. The summed E-state index contributed by atoms with van der Waals surface area (Å²) in [5, 5.41) is 5.64. The molecule has 6 bridgehead atoms. The van der Waals surface area contributed by atoms with Crippen molar-refractivity contribution in [2.24, 2.45) is 16.7 Å². The number of methoxy groups -OCH3 is 1. The number of likely N-dealkylation sites (tertiary alicyclic amines) is 2. The summed E-state index contributed by atoms with van der Waals surface area (Å²) in [7, 11) is 3.34. The molecule has 2 aromatic heterocycles. The SMILES string of the molecule is C=CC(=O)N1CC2(CCN(C(=O)N(C)C(C(=O)N[C@H]3Cc4cccc(c4)-c4ccc5c(c4)c(c(-c4cccnc4[C@H](C)OC)n5CC)CC(C)(C)COC(=O)[C@@H]4CCCN(N4)C3=O)C(C)C)CC2)C1. The minimum Gasteiger partial charge on any atom is -0.464 e. The molecule has 8 rings (SSSR count). The summed E-state index contributed by atoms with van der Waals surface area (Å²) in [4.78, 5) is 79.6. The van der Waals surface area contributed by atoms with Crippen LogP contribution in [0, 0.1) is 16.7 Å². The standard InChI is InChI=1S/C54H70N8O7/c1-10-45(63)60-31-54(32-60)21-25-59(26-22-54)52(67)58(8)47(34(3)4)49(64)56-43-28-36-15-12-16-37(27-36)38-19-20-44-40(29-38)41(48(61(44)11-2)39-17-13-23-55-46(39)35(5)68-9)30-53(6,7)33-69-51(66)42-18-14-24-62(57-42)50(43)65/h10,12-13,15-17,19-20,23,27,29,34-35,42-43,47,57H,1,11,14,18,21-22,24-26,28,30-33H2,2-9H3,(H,56,64)/t35-,42-,43-,47?/m0/s1. The van der Waals surface area contributed by atoms with Gasteiger partial charge in [0, 0.05) is 93.3 Å². The van der Waals surface area contributed by atoms with Gasteiger partial charge in [-0.1, -0.05) is 64.6 Å². The number of benzene rings is 2. The molecule has 4 aromatic rings. The molecule has 15 heteroatoms. The fourth-order valence-corrected chi connectivity index (χ4v) is 11.0. The van der Waals surface area contributed by atoms with E-state index in [0.29, 0.717) is 58.5 Å². The van der Waals surface area contributed by atoms with E-state index in [9.17, 15) is 24.0 Å². The Bertz CT molecular complexity index is 2610. The number of rotatable bonds is 9. The van der Waals surface area contributed by atoms with E-state index in [4.69, 9.17) is 14.5 Å². The van der Waals surface area contributed by atoms with Crippen LogP contribution in [0.1, 0.15) is 90.2 Å². The third-order valence-corrected chi connectivity index (χ3v) is 14.9. The molecule has 0 aliphatic carbocycles. The van der Waals surface area contributed by atoms with Crippen molar-refractivity contribution in [2.45, 2.75) is 111 Å². The zero-order chi connectivity index (χ0) is 49.4. The Morgan fingerprint density at radius 1 is 1.01 bits per heavy atom. The number of nitrogens with one attached hydrogen (secondary N) is 2. The predicted octanol–water partition coefficient (Wildman–Crippen LogP) is 6.93. The van der Waals surface area contributed by atoms with Crippen LogP contribution in [0.4, 0.5) is 4.79 Å². The lowest BCUT2D eigenvalue weighted by Crippen LogP contribution is -2.64. The first-order valence-corrected chi connectivity index (χ1v) is 24.7. The molecular formula is C54H70N8O7. The van der Waals surface area contributed by atoms with Gasteiger partial charge in [-0.15, -0.1) is 0 Å². The van der Waals surface area contributed by atoms with Crippen LogP contribution < -0.4 is 10.7 Å². The number of aryl methyl sites for hydroxylation is 1. The quantitative estimate of drug-likeness (QED) is 0.134. The normalized spacial score (nSPS) is 21.3. The number of urea groups is 1. The van der Waals surface area contributed by atoms with Gasteiger partial charge in [0.05, 0.1) is 24.1 Å². The van der Waals surface area contributed by atoms with Crippen LogP contribution in [-0.2, 0) is 48.0 Å². The average Bonchev–Trinajstić information content (AvgIpc) is 3.64. The average molecular weight is 943 g/mol. The lowest BCUT2D eigenvalue weighted by atomic mass is 9.72. The van der Waals surface area contributed by atoms with Gasteiger partial charge in [-0.3, -0.25) is 29.2 Å². The van der Waals surface area contributed by atoms with Gasteiger partial charge >= 0.3 is 12.0 Å². The molecule has 2 aromatic carbocycles. The van der Waals surface area contributed by atoms with E-state index < -0.39 is 35.4 Å². The molecule has 69 heavy (non-hydrogen) atoms. The third-order valence-electron chi connectivity index (χ3n) is 14.9. The molecule has 4 atom stereocenters. The molecule has 3 fully saturated rings. The van der Waals surface area contributed by atoms with Crippen molar-refractivity contribution in [3.63, 3.8) is 0 Å².